The minimum Gasteiger partial charge on any atom is -0.508 e. The lowest BCUT2D eigenvalue weighted by Crippen LogP contribution is -1.88. The van der Waals surface area contributed by atoms with Crippen molar-refractivity contribution in [1.29, 1.82) is 0 Å². The van der Waals surface area contributed by atoms with E-state index in [1.807, 2.05) is 0 Å². The summed E-state index contributed by atoms with van der Waals surface area (Å²) in [6.07, 6.45) is 14.1. The number of benzene rings is 1. The summed E-state index contributed by atoms with van der Waals surface area (Å²) in [5, 5.41) is 19.4. The molecule has 0 spiro atoms. The maximum Gasteiger partial charge on any atom is 0.119 e. The predicted octanol–water partition coefficient (Wildman–Crippen LogP) is 8.18. The van der Waals surface area contributed by atoms with Crippen molar-refractivity contribution in [3.8, 4) is 11.5 Å². The van der Waals surface area contributed by atoms with Crippen molar-refractivity contribution in [2.75, 3.05) is 0 Å². The molecule has 0 aliphatic carbocycles. The van der Waals surface area contributed by atoms with Gasteiger partial charge in [-0.25, -0.2) is 0 Å². The molecule has 1 aromatic carbocycles. The van der Waals surface area contributed by atoms with Crippen LogP contribution in [-0.2, 0) is 6.42 Å². The largest absolute Gasteiger partial charge is 0.508 e. The lowest BCUT2D eigenvalue weighted by molar-refractivity contribution is 0.455. The van der Waals surface area contributed by atoms with Gasteiger partial charge < -0.3 is 10.2 Å². The number of hydrogen-bond donors (Lipinski definition) is 2. The Morgan fingerprint density at radius 2 is 1.34 bits per heavy atom. The third kappa shape index (κ3) is 10.8. The third-order valence-corrected chi connectivity index (χ3v) is 5.46. The Balaban J connectivity index is 2.42. The first kappa shape index (κ1) is 24.8. The van der Waals surface area contributed by atoms with Crippen LogP contribution in [0.5, 0.6) is 11.5 Å². The van der Waals surface area contributed by atoms with E-state index in [-0.39, 0.29) is 11.5 Å². The smallest absolute Gasteiger partial charge is 0.119 e. The van der Waals surface area contributed by atoms with Crippen LogP contribution in [0.2, 0.25) is 0 Å². The third-order valence-electron chi connectivity index (χ3n) is 5.46. The molecule has 0 aliphatic rings. The molecular weight excluding hydrogens is 356 g/mol. The fourth-order valence-electron chi connectivity index (χ4n) is 3.16. The van der Waals surface area contributed by atoms with Crippen LogP contribution in [0.3, 0.4) is 0 Å². The van der Waals surface area contributed by atoms with E-state index >= 15 is 0 Å². The van der Waals surface area contributed by atoms with Crippen LogP contribution >= 0.6 is 0 Å². The van der Waals surface area contributed by atoms with Gasteiger partial charge in [0.1, 0.15) is 11.5 Å². The summed E-state index contributed by atoms with van der Waals surface area (Å²) in [5.74, 6) is 0.432. The topological polar surface area (TPSA) is 40.5 Å². The highest BCUT2D eigenvalue weighted by Crippen LogP contribution is 2.23. The van der Waals surface area contributed by atoms with Crippen molar-refractivity contribution in [3.05, 3.63) is 69.9 Å². The molecule has 0 amide bonds. The van der Waals surface area contributed by atoms with Crippen LogP contribution in [0.25, 0.3) is 0 Å². The van der Waals surface area contributed by atoms with Gasteiger partial charge in [-0.05, 0) is 105 Å². The number of allylic oxidation sites excluding steroid dienone is 8. The zero-order chi connectivity index (χ0) is 21.8. The van der Waals surface area contributed by atoms with Gasteiger partial charge in [-0.1, -0.05) is 46.1 Å². The van der Waals surface area contributed by atoms with E-state index in [1.54, 1.807) is 12.1 Å². The molecule has 0 saturated carbocycles. The van der Waals surface area contributed by atoms with Gasteiger partial charge in [0.2, 0.25) is 0 Å². The van der Waals surface area contributed by atoms with Crippen LogP contribution in [-0.4, -0.2) is 10.2 Å². The highest BCUT2D eigenvalue weighted by atomic mass is 16.3. The fraction of sp³-hybridized carbons (Fsp3) is 0.481. The lowest BCUT2D eigenvalue weighted by Gasteiger charge is -2.08. The molecule has 0 fully saturated rings. The van der Waals surface area contributed by atoms with Gasteiger partial charge in [0, 0.05) is 5.56 Å². The first-order valence-electron chi connectivity index (χ1n) is 10.8. The Hall–Kier alpha value is -2.22. The molecule has 0 bridgehead atoms. The minimum atomic E-state index is 0.193. The van der Waals surface area contributed by atoms with Crippen LogP contribution in [0.4, 0.5) is 0 Å². The van der Waals surface area contributed by atoms with Crippen molar-refractivity contribution < 1.29 is 10.2 Å². The van der Waals surface area contributed by atoms with Gasteiger partial charge in [0.05, 0.1) is 0 Å². The van der Waals surface area contributed by atoms with Crippen molar-refractivity contribution in [2.45, 2.75) is 86.5 Å². The van der Waals surface area contributed by atoms with Gasteiger partial charge in [0.25, 0.3) is 0 Å². The maximum atomic E-state index is 9.86. The lowest BCUT2D eigenvalue weighted by atomic mass is 9.98. The summed E-state index contributed by atoms with van der Waals surface area (Å²) in [4.78, 5) is 0. The van der Waals surface area contributed by atoms with Gasteiger partial charge in [-0.15, -0.1) is 0 Å². The Labute approximate surface area is 178 Å². The van der Waals surface area contributed by atoms with Gasteiger partial charge >= 0.3 is 0 Å². The van der Waals surface area contributed by atoms with Gasteiger partial charge in [0.15, 0.2) is 0 Å². The molecule has 2 nitrogen and oxygen atoms in total. The molecule has 2 heteroatoms. The second kappa shape index (κ2) is 13.1. The van der Waals surface area contributed by atoms with Gasteiger partial charge in [-0.2, -0.15) is 0 Å². The van der Waals surface area contributed by atoms with Crippen LogP contribution in [0, 0.1) is 0 Å². The zero-order valence-corrected chi connectivity index (χ0v) is 19.3. The highest BCUT2D eigenvalue weighted by Gasteiger charge is 2.02. The van der Waals surface area contributed by atoms with Crippen LogP contribution in [0.15, 0.2) is 64.3 Å². The number of phenolic OH excluding ortho intramolecular Hbond substituents is 2. The maximum absolute atomic E-state index is 9.86. The van der Waals surface area contributed by atoms with Crippen molar-refractivity contribution in [2.24, 2.45) is 0 Å². The fourth-order valence-corrected chi connectivity index (χ4v) is 3.16. The molecule has 160 valence electrons. The van der Waals surface area contributed by atoms with Gasteiger partial charge in [-0.3, -0.25) is 0 Å². The molecular formula is C27H40O2. The van der Waals surface area contributed by atoms with E-state index in [1.165, 1.54) is 40.4 Å². The van der Waals surface area contributed by atoms with E-state index in [4.69, 9.17) is 0 Å². The molecule has 29 heavy (non-hydrogen) atoms. The summed E-state index contributed by atoms with van der Waals surface area (Å²) in [6.45, 7) is 13.2. The number of hydrogen-bond acceptors (Lipinski definition) is 2. The Morgan fingerprint density at radius 3 is 2.03 bits per heavy atom. The first-order valence-corrected chi connectivity index (χ1v) is 10.8. The van der Waals surface area contributed by atoms with E-state index in [2.05, 4.69) is 59.8 Å². The van der Waals surface area contributed by atoms with E-state index < -0.39 is 0 Å². The predicted molar refractivity (Wildman–Crippen MR) is 126 cm³/mol. The molecule has 0 saturated heterocycles. The van der Waals surface area contributed by atoms with Crippen molar-refractivity contribution >= 4 is 0 Å². The molecule has 2 N–H and O–H groups in total. The zero-order valence-electron chi connectivity index (χ0n) is 19.3. The van der Waals surface area contributed by atoms with Crippen molar-refractivity contribution in [1.82, 2.24) is 0 Å². The summed E-state index contributed by atoms with van der Waals surface area (Å²) < 4.78 is 0. The Bertz CT molecular complexity index is 772. The molecule has 0 heterocycles. The molecule has 0 radical (unpaired) electrons. The summed E-state index contributed by atoms with van der Waals surface area (Å²) in [7, 11) is 0. The molecule has 0 aromatic heterocycles. The second-order valence-corrected chi connectivity index (χ2v) is 8.54. The average molecular weight is 397 g/mol. The Kier molecular flexibility index (Phi) is 11.2. The number of rotatable bonds is 11. The number of phenols is 2. The normalized spacial score (nSPS) is 13.3. The first-order chi connectivity index (χ1) is 13.7. The number of aromatic hydroxyl groups is 2. The monoisotopic (exact) mass is 396 g/mol. The Morgan fingerprint density at radius 1 is 0.724 bits per heavy atom. The average Bonchev–Trinajstić information content (AvgIpc) is 2.66. The molecule has 1 rings (SSSR count). The highest BCUT2D eigenvalue weighted by molar-refractivity contribution is 5.39. The van der Waals surface area contributed by atoms with Crippen LogP contribution in [0.1, 0.15) is 85.6 Å². The molecule has 0 unspecified atom stereocenters. The standard InChI is InChI=1S/C27H40O2/c1-20(2)9-7-12-23(5)24(6)15-13-21(3)10-8-11-22(4)14-16-25-19-26(28)17-18-27(25)29/h9-10,14,17-19,28-29H,7-8,11-13,15-16H2,1-6H3/b21-10?,22-14+,24-23+. The molecule has 0 aliphatic heterocycles. The molecule has 1 aromatic rings. The minimum absolute atomic E-state index is 0.193. The summed E-state index contributed by atoms with van der Waals surface area (Å²) in [6, 6.07) is 4.67. The van der Waals surface area contributed by atoms with E-state index in [0.29, 0.717) is 6.42 Å². The van der Waals surface area contributed by atoms with Crippen molar-refractivity contribution in [3.63, 3.8) is 0 Å². The van der Waals surface area contributed by atoms with Crippen LogP contribution < -0.4 is 0 Å². The summed E-state index contributed by atoms with van der Waals surface area (Å²) in [5.41, 5.74) is 7.99. The second-order valence-electron chi connectivity index (χ2n) is 8.54. The van der Waals surface area contributed by atoms with E-state index in [0.717, 1.165) is 37.7 Å². The molecule has 0 atom stereocenters. The van der Waals surface area contributed by atoms with E-state index in [9.17, 15) is 10.2 Å². The quantitative estimate of drug-likeness (QED) is 0.292. The SMILES string of the molecule is CC(C)=CCC/C(C)=C(\C)CCC(C)=CCC/C(C)=C/Cc1cc(O)ccc1O. The summed E-state index contributed by atoms with van der Waals surface area (Å²) >= 11 is 0.